The van der Waals surface area contributed by atoms with Crippen molar-refractivity contribution in [3.63, 3.8) is 0 Å². The van der Waals surface area contributed by atoms with E-state index >= 15 is 0 Å². The van der Waals surface area contributed by atoms with Gasteiger partial charge in [0.25, 0.3) is 11.8 Å². The van der Waals surface area contributed by atoms with Gasteiger partial charge in [0.2, 0.25) is 0 Å². The van der Waals surface area contributed by atoms with E-state index in [0.29, 0.717) is 16.7 Å². The molecular formula is C12H15N2O5P. The van der Waals surface area contributed by atoms with Crippen LogP contribution < -0.4 is 5.32 Å². The molecule has 0 aromatic heterocycles. The lowest BCUT2D eigenvalue weighted by molar-refractivity contribution is 0.0692. The fourth-order valence-corrected chi connectivity index (χ4v) is 2.52. The summed E-state index contributed by atoms with van der Waals surface area (Å²) in [6.07, 6.45) is -0.269. The average Bonchev–Trinajstić information content (AvgIpc) is 2.60. The summed E-state index contributed by atoms with van der Waals surface area (Å²) in [5.41, 5.74) is 1.38. The third-order valence-corrected chi connectivity index (χ3v) is 3.91. The normalized spacial score (nSPS) is 14.8. The van der Waals surface area contributed by atoms with Crippen LogP contribution in [0.15, 0.2) is 18.2 Å². The Morgan fingerprint density at radius 2 is 1.95 bits per heavy atom. The van der Waals surface area contributed by atoms with Crippen LogP contribution in [0.3, 0.4) is 0 Å². The molecule has 8 heteroatoms. The van der Waals surface area contributed by atoms with Gasteiger partial charge in [0.1, 0.15) is 0 Å². The number of benzene rings is 1. The zero-order valence-corrected chi connectivity index (χ0v) is 11.8. The minimum atomic E-state index is -4.03. The number of hydrogen-bond donors (Lipinski definition) is 3. The zero-order chi connectivity index (χ0) is 14.9. The van der Waals surface area contributed by atoms with Crippen molar-refractivity contribution in [1.29, 1.82) is 0 Å². The van der Waals surface area contributed by atoms with E-state index in [2.05, 4.69) is 5.32 Å². The highest BCUT2D eigenvalue weighted by molar-refractivity contribution is 7.51. The molecule has 0 aliphatic carbocycles. The summed E-state index contributed by atoms with van der Waals surface area (Å²) in [7, 11) is -2.60. The van der Waals surface area contributed by atoms with E-state index in [1.807, 2.05) is 0 Å². The molecular weight excluding hydrogens is 283 g/mol. The summed E-state index contributed by atoms with van der Waals surface area (Å²) in [5.74, 6) is -0.681. The molecule has 1 aromatic rings. The first-order valence-corrected chi connectivity index (χ1v) is 7.80. The van der Waals surface area contributed by atoms with Gasteiger partial charge >= 0.3 is 7.60 Å². The number of hydrogen-bond acceptors (Lipinski definition) is 4. The van der Waals surface area contributed by atoms with Crippen LogP contribution in [-0.4, -0.2) is 46.3 Å². The SMILES string of the molecule is CN1C(=O)c2cccc(CNCCP(=O)(O)O)c2C1=O. The standard InChI is InChI=1S/C12H15N2O5P/c1-14-11(15)9-4-2-3-8(10(9)12(14)16)7-13-5-6-20(17,18)19/h2-4,13H,5-7H2,1H3,(H2,17,18,19). The van der Waals surface area contributed by atoms with Gasteiger partial charge in [-0.25, -0.2) is 0 Å². The molecule has 0 saturated carbocycles. The van der Waals surface area contributed by atoms with Crippen molar-refractivity contribution < 1.29 is 23.9 Å². The molecule has 2 rings (SSSR count). The first-order valence-electron chi connectivity index (χ1n) is 6.01. The highest BCUT2D eigenvalue weighted by Gasteiger charge is 2.34. The van der Waals surface area contributed by atoms with Crippen LogP contribution in [0.4, 0.5) is 0 Å². The Hall–Kier alpha value is -1.53. The van der Waals surface area contributed by atoms with Crippen LogP contribution in [0.1, 0.15) is 26.3 Å². The van der Waals surface area contributed by atoms with E-state index in [0.717, 1.165) is 4.90 Å². The van der Waals surface area contributed by atoms with E-state index < -0.39 is 7.60 Å². The molecule has 0 saturated heterocycles. The monoisotopic (exact) mass is 298 g/mol. The minimum absolute atomic E-state index is 0.131. The zero-order valence-electron chi connectivity index (χ0n) is 10.9. The largest absolute Gasteiger partial charge is 0.326 e. The van der Waals surface area contributed by atoms with E-state index in [9.17, 15) is 14.2 Å². The van der Waals surface area contributed by atoms with Crippen LogP contribution in [0.5, 0.6) is 0 Å². The lowest BCUT2D eigenvalue weighted by atomic mass is 10.0. The van der Waals surface area contributed by atoms with Gasteiger partial charge in [-0.3, -0.25) is 19.1 Å². The summed E-state index contributed by atoms with van der Waals surface area (Å²) >= 11 is 0. The van der Waals surface area contributed by atoms with Crippen molar-refractivity contribution >= 4 is 19.4 Å². The van der Waals surface area contributed by atoms with Crippen molar-refractivity contribution in [2.45, 2.75) is 6.54 Å². The molecule has 0 atom stereocenters. The molecule has 0 unspecified atom stereocenters. The Kier molecular flexibility index (Phi) is 4.06. The molecule has 0 bridgehead atoms. The first kappa shape index (κ1) is 14.9. The third-order valence-electron chi connectivity index (χ3n) is 3.10. The summed E-state index contributed by atoms with van der Waals surface area (Å²) in [5, 5.41) is 2.86. The second-order valence-corrected chi connectivity index (χ2v) is 6.35. The van der Waals surface area contributed by atoms with Gasteiger partial charge in [-0.2, -0.15) is 0 Å². The number of nitrogens with one attached hydrogen (secondary N) is 1. The second kappa shape index (κ2) is 5.46. The maximum absolute atomic E-state index is 12.0. The minimum Gasteiger partial charge on any atom is -0.324 e. The number of carbonyl (C=O) groups is 2. The van der Waals surface area contributed by atoms with Crippen molar-refractivity contribution in [3.8, 4) is 0 Å². The molecule has 1 aromatic carbocycles. The topological polar surface area (TPSA) is 107 Å². The van der Waals surface area contributed by atoms with E-state index in [1.165, 1.54) is 7.05 Å². The smallest absolute Gasteiger partial charge is 0.324 e. The molecule has 0 radical (unpaired) electrons. The molecule has 0 fully saturated rings. The van der Waals surface area contributed by atoms with E-state index in [-0.39, 0.29) is 31.1 Å². The quantitative estimate of drug-likeness (QED) is 0.407. The van der Waals surface area contributed by atoms with Crippen LogP contribution in [0.2, 0.25) is 0 Å². The predicted octanol–water partition coefficient (Wildman–Crippen LogP) is 0.180. The van der Waals surface area contributed by atoms with Crippen LogP contribution in [-0.2, 0) is 11.1 Å². The van der Waals surface area contributed by atoms with Crippen molar-refractivity contribution in [2.75, 3.05) is 19.8 Å². The van der Waals surface area contributed by atoms with Gasteiger partial charge < -0.3 is 15.1 Å². The molecule has 3 N–H and O–H groups in total. The summed E-state index contributed by atoms with van der Waals surface area (Å²) < 4.78 is 10.7. The molecule has 20 heavy (non-hydrogen) atoms. The van der Waals surface area contributed by atoms with E-state index in [4.69, 9.17) is 9.79 Å². The van der Waals surface area contributed by atoms with E-state index in [1.54, 1.807) is 18.2 Å². The molecule has 108 valence electrons. The number of imide groups is 1. The van der Waals surface area contributed by atoms with Gasteiger partial charge in [0.05, 0.1) is 17.3 Å². The summed E-state index contributed by atoms with van der Waals surface area (Å²) in [4.78, 5) is 42.3. The van der Waals surface area contributed by atoms with Crippen molar-refractivity contribution in [2.24, 2.45) is 0 Å². The van der Waals surface area contributed by atoms with Gasteiger partial charge in [0, 0.05) is 20.1 Å². The van der Waals surface area contributed by atoms with Gasteiger partial charge in [-0.1, -0.05) is 12.1 Å². The fourth-order valence-electron chi connectivity index (χ4n) is 2.07. The Bertz CT molecular complexity index is 610. The Morgan fingerprint density at radius 1 is 1.25 bits per heavy atom. The van der Waals surface area contributed by atoms with Crippen LogP contribution in [0, 0.1) is 0 Å². The summed E-state index contributed by atoms with van der Waals surface area (Å²) in [6, 6.07) is 5.00. The molecule has 7 nitrogen and oxygen atoms in total. The van der Waals surface area contributed by atoms with Crippen molar-refractivity contribution in [3.05, 3.63) is 34.9 Å². The van der Waals surface area contributed by atoms with Gasteiger partial charge in [-0.05, 0) is 11.6 Å². The number of amides is 2. The highest BCUT2D eigenvalue weighted by Crippen LogP contribution is 2.33. The van der Waals surface area contributed by atoms with Gasteiger partial charge in [0.15, 0.2) is 0 Å². The molecule has 1 aliphatic rings. The lowest BCUT2D eigenvalue weighted by Gasteiger charge is -2.09. The van der Waals surface area contributed by atoms with Gasteiger partial charge in [-0.15, -0.1) is 0 Å². The van der Waals surface area contributed by atoms with Crippen LogP contribution in [0.25, 0.3) is 0 Å². The average molecular weight is 298 g/mol. The third kappa shape index (κ3) is 2.96. The first-order chi connectivity index (χ1) is 9.31. The number of carbonyl (C=O) groups excluding carboxylic acids is 2. The Balaban J connectivity index is 2.10. The fraction of sp³-hybridized carbons (Fsp3) is 0.333. The van der Waals surface area contributed by atoms with Crippen molar-refractivity contribution in [1.82, 2.24) is 10.2 Å². The maximum Gasteiger partial charge on any atom is 0.326 e. The highest BCUT2D eigenvalue weighted by atomic mass is 31.2. The Morgan fingerprint density at radius 3 is 2.60 bits per heavy atom. The number of nitrogens with zero attached hydrogens (tertiary/aromatic N) is 1. The van der Waals surface area contributed by atoms with Crippen LogP contribution >= 0.6 is 7.60 Å². The Labute approximate surface area is 115 Å². The molecule has 2 amide bonds. The summed E-state index contributed by atoms with van der Waals surface area (Å²) in [6.45, 7) is 0.405. The molecule has 1 aliphatic heterocycles. The molecule has 0 spiro atoms. The maximum atomic E-state index is 12.0. The second-order valence-electron chi connectivity index (χ2n) is 4.57. The molecule has 1 heterocycles. The lowest BCUT2D eigenvalue weighted by Crippen LogP contribution is -2.25. The number of rotatable bonds is 5. The predicted molar refractivity (Wildman–Crippen MR) is 71.5 cm³/mol. The number of fused-ring (bicyclic) bond motifs is 1.